The Hall–Kier alpha value is -1.37. The first-order valence-electron chi connectivity index (χ1n) is 7.69. The highest BCUT2D eigenvalue weighted by atomic mass is 16.5. The Morgan fingerprint density at radius 3 is 2.85 bits per heavy atom. The van der Waals surface area contributed by atoms with Gasteiger partial charge in [-0.25, -0.2) is 0 Å². The zero-order valence-electron chi connectivity index (χ0n) is 11.9. The standard InChI is InChI=1S/C17H22N2O/c18-11-10-15(14-6-2-1-3-7-14)19-12-13-20-17-9-5-4-8-16(17)19/h1-3,6-7,15-17H,4-5,8-10,12-13H2. The van der Waals surface area contributed by atoms with E-state index in [1.807, 2.05) is 6.07 Å². The average molecular weight is 270 g/mol. The Morgan fingerprint density at radius 2 is 2.05 bits per heavy atom. The molecule has 0 radical (unpaired) electrons. The van der Waals surface area contributed by atoms with Crippen LogP contribution in [0.1, 0.15) is 43.7 Å². The third-order valence-corrected chi connectivity index (χ3v) is 4.64. The van der Waals surface area contributed by atoms with Gasteiger partial charge in [-0.1, -0.05) is 43.2 Å². The SMILES string of the molecule is N#CCC(c1ccccc1)N1CCOC2CCCCC21. The maximum Gasteiger partial charge on any atom is 0.0731 e. The predicted octanol–water partition coefficient (Wildman–Crippen LogP) is 3.28. The van der Waals surface area contributed by atoms with Crippen LogP contribution in [0.15, 0.2) is 30.3 Å². The minimum Gasteiger partial charge on any atom is -0.375 e. The summed E-state index contributed by atoms with van der Waals surface area (Å²) in [6.45, 7) is 1.75. The zero-order valence-corrected chi connectivity index (χ0v) is 11.9. The van der Waals surface area contributed by atoms with Crippen LogP contribution in [0.4, 0.5) is 0 Å². The second kappa shape index (κ2) is 6.39. The van der Waals surface area contributed by atoms with Crippen molar-refractivity contribution in [2.45, 2.75) is 50.3 Å². The van der Waals surface area contributed by atoms with E-state index < -0.39 is 0 Å². The molecule has 20 heavy (non-hydrogen) atoms. The van der Waals surface area contributed by atoms with E-state index in [0.29, 0.717) is 18.6 Å². The zero-order chi connectivity index (χ0) is 13.8. The van der Waals surface area contributed by atoms with E-state index in [4.69, 9.17) is 4.74 Å². The highest BCUT2D eigenvalue weighted by molar-refractivity contribution is 5.21. The summed E-state index contributed by atoms with van der Waals surface area (Å²) in [7, 11) is 0. The van der Waals surface area contributed by atoms with E-state index in [2.05, 4.69) is 35.2 Å². The van der Waals surface area contributed by atoms with Crippen LogP contribution < -0.4 is 0 Å². The van der Waals surface area contributed by atoms with E-state index in [1.165, 1.54) is 31.2 Å². The van der Waals surface area contributed by atoms with Crippen LogP contribution in [0.3, 0.4) is 0 Å². The first-order valence-corrected chi connectivity index (χ1v) is 7.69. The highest BCUT2D eigenvalue weighted by Crippen LogP contribution is 2.35. The summed E-state index contributed by atoms with van der Waals surface area (Å²) < 4.78 is 5.95. The average Bonchev–Trinajstić information content (AvgIpc) is 2.53. The van der Waals surface area contributed by atoms with Crippen molar-refractivity contribution in [3.63, 3.8) is 0 Å². The number of hydrogen-bond acceptors (Lipinski definition) is 3. The minimum atomic E-state index is 0.218. The van der Waals surface area contributed by atoms with E-state index in [0.717, 1.165) is 13.2 Å². The molecule has 3 unspecified atom stereocenters. The van der Waals surface area contributed by atoms with Crippen molar-refractivity contribution in [3.8, 4) is 6.07 Å². The molecule has 2 fully saturated rings. The normalized spacial score (nSPS) is 28.4. The molecule has 3 rings (SSSR count). The van der Waals surface area contributed by atoms with Gasteiger partial charge in [-0.3, -0.25) is 4.90 Å². The lowest BCUT2D eigenvalue weighted by Gasteiger charge is -2.47. The molecule has 3 nitrogen and oxygen atoms in total. The lowest BCUT2D eigenvalue weighted by Crippen LogP contribution is -2.53. The van der Waals surface area contributed by atoms with Gasteiger partial charge in [0.15, 0.2) is 0 Å². The van der Waals surface area contributed by atoms with Gasteiger partial charge in [-0.15, -0.1) is 0 Å². The van der Waals surface area contributed by atoms with Crippen molar-refractivity contribution in [1.82, 2.24) is 4.90 Å². The van der Waals surface area contributed by atoms with Crippen LogP contribution in [0.5, 0.6) is 0 Å². The number of ether oxygens (including phenoxy) is 1. The van der Waals surface area contributed by atoms with Gasteiger partial charge in [-0.2, -0.15) is 5.26 Å². The molecule has 0 aromatic heterocycles. The van der Waals surface area contributed by atoms with Crippen molar-refractivity contribution in [1.29, 1.82) is 5.26 Å². The smallest absolute Gasteiger partial charge is 0.0731 e. The number of benzene rings is 1. The van der Waals surface area contributed by atoms with E-state index in [-0.39, 0.29) is 6.04 Å². The van der Waals surface area contributed by atoms with Crippen molar-refractivity contribution in [2.75, 3.05) is 13.2 Å². The van der Waals surface area contributed by atoms with Crippen LogP contribution in [-0.2, 0) is 4.74 Å². The Labute approximate surface area is 121 Å². The molecule has 0 N–H and O–H groups in total. The summed E-state index contributed by atoms with van der Waals surface area (Å²) in [5.74, 6) is 0. The van der Waals surface area contributed by atoms with Gasteiger partial charge in [0.1, 0.15) is 0 Å². The number of fused-ring (bicyclic) bond motifs is 1. The summed E-state index contributed by atoms with van der Waals surface area (Å²) in [5, 5.41) is 9.22. The molecular weight excluding hydrogens is 248 g/mol. The molecule has 3 heteroatoms. The molecule has 0 bridgehead atoms. The second-order valence-corrected chi connectivity index (χ2v) is 5.79. The highest BCUT2D eigenvalue weighted by Gasteiger charge is 2.37. The Morgan fingerprint density at radius 1 is 1.25 bits per heavy atom. The summed E-state index contributed by atoms with van der Waals surface area (Å²) >= 11 is 0. The van der Waals surface area contributed by atoms with Crippen LogP contribution in [0.25, 0.3) is 0 Å². The number of morpholine rings is 1. The quantitative estimate of drug-likeness (QED) is 0.845. The Bertz CT molecular complexity index is 466. The lowest BCUT2D eigenvalue weighted by atomic mass is 9.87. The molecule has 1 saturated heterocycles. The van der Waals surface area contributed by atoms with Crippen molar-refractivity contribution >= 4 is 0 Å². The third kappa shape index (κ3) is 2.72. The van der Waals surface area contributed by atoms with Crippen molar-refractivity contribution in [2.24, 2.45) is 0 Å². The molecule has 0 spiro atoms. The molecular formula is C17H22N2O. The largest absolute Gasteiger partial charge is 0.375 e. The van der Waals surface area contributed by atoms with Crippen LogP contribution >= 0.6 is 0 Å². The number of nitrogens with zero attached hydrogens (tertiary/aromatic N) is 2. The van der Waals surface area contributed by atoms with Gasteiger partial charge in [-0.05, 0) is 18.4 Å². The minimum absolute atomic E-state index is 0.218. The molecule has 3 atom stereocenters. The first-order chi connectivity index (χ1) is 9.90. The monoisotopic (exact) mass is 270 g/mol. The molecule has 1 saturated carbocycles. The molecule has 1 aromatic carbocycles. The lowest BCUT2D eigenvalue weighted by molar-refractivity contribution is -0.103. The Balaban J connectivity index is 1.84. The van der Waals surface area contributed by atoms with Gasteiger partial charge in [0.25, 0.3) is 0 Å². The first kappa shape index (κ1) is 13.6. The van der Waals surface area contributed by atoms with Crippen LogP contribution in [0.2, 0.25) is 0 Å². The van der Waals surface area contributed by atoms with Gasteiger partial charge in [0.05, 0.1) is 25.2 Å². The fourth-order valence-corrected chi connectivity index (χ4v) is 3.70. The number of hydrogen-bond donors (Lipinski definition) is 0. The molecule has 0 amide bonds. The fourth-order valence-electron chi connectivity index (χ4n) is 3.70. The summed E-state index contributed by atoms with van der Waals surface area (Å²) in [6.07, 6.45) is 5.89. The maximum absolute atomic E-state index is 9.22. The topological polar surface area (TPSA) is 36.3 Å². The van der Waals surface area contributed by atoms with Gasteiger partial charge in [0.2, 0.25) is 0 Å². The molecule has 106 valence electrons. The van der Waals surface area contributed by atoms with Gasteiger partial charge >= 0.3 is 0 Å². The maximum atomic E-state index is 9.22. The van der Waals surface area contributed by atoms with Gasteiger partial charge < -0.3 is 4.74 Å². The number of rotatable bonds is 3. The third-order valence-electron chi connectivity index (χ3n) is 4.64. The Kier molecular flexibility index (Phi) is 4.34. The molecule has 1 aliphatic heterocycles. The summed E-state index contributed by atoms with van der Waals surface area (Å²) in [5.41, 5.74) is 1.26. The number of nitriles is 1. The molecule has 1 aromatic rings. The second-order valence-electron chi connectivity index (χ2n) is 5.79. The van der Waals surface area contributed by atoms with E-state index in [1.54, 1.807) is 0 Å². The predicted molar refractivity (Wildman–Crippen MR) is 78.1 cm³/mol. The van der Waals surface area contributed by atoms with Crippen LogP contribution in [0, 0.1) is 11.3 Å². The van der Waals surface area contributed by atoms with Crippen LogP contribution in [-0.4, -0.2) is 30.2 Å². The summed E-state index contributed by atoms with van der Waals surface area (Å²) in [6, 6.07) is 13.6. The van der Waals surface area contributed by atoms with E-state index >= 15 is 0 Å². The molecule has 2 aliphatic rings. The molecule has 1 aliphatic carbocycles. The van der Waals surface area contributed by atoms with Crippen molar-refractivity contribution in [3.05, 3.63) is 35.9 Å². The van der Waals surface area contributed by atoms with E-state index in [9.17, 15) is 5.26 Å². The molecule has 1 heterocycles. The van der Waals surface area contributed by atoms with Crippen molar-refractivity contribution < 1.29 is 4.74 Å². The van der Waals surface area contributed by atoms with Gasteiger partial charge in [0, 0.05) is 18.6 Å². The summed E-state index contributed by atoms with van der Waals surface area (Å²) in [4.78, 5) is 2.53. The fraction of sp³-hybridized carbons (Fsp3) is 0.588.